The van der Waals surface area contributed by atoms with Gasteiger partial charge in [-0.25, -0.2) is 0 Å². The SMILES string of the molecule is Cn1cc(Br)c(C(=O)Nc2cnn(CC(F)(F)F)c2)n1. The van der Waals surface area contributed by atoms with E-state index < -0.39 is 18.6 Å². The Morgan fingerprint density at radius 2 is 2.15 bits per heavy atom. The van der Waals surface area contributed by atoms with Crippen molar-refractivity contribution in [1.82, 2.24) is 19.6 Å². The average molecular weight is 352 g/mol. The molecule has 2 aromatic heterocycles. The molecule has 0 aliphatic heterocycles. The highest BCUT2D eigenvalue weighted by Crippen LogP contribution is 2.19. The van der Waals surface area contributed by atoms with E-state index in [0.717, 1.165) is 12.4 Å². The van der Waals surface area contributed by atoms with Gasteiger partial charge < -0.3 is 5.32 Å². The van der Waals surface area contributed by atoms with E-state index in [1.54, 1.807) is 13.2 Å². The zero-order chi connectivity index (χ0) is 14.9. The lowest BCUT2D eigenvalue weighted by molar-refractivity contribution is -0.142. The van der Waals surface area contributed by atoms with Gasteiger partial charge in [0.15, 0.2) is 5.69 Å². The minimum absolute atomic E-state index is 0.135. The third-order valence-corrected chi connectivity index (χ3v) is 2.81. The second-order valence-electron chi connectivity index (χ2n) is 4.00. The van der Waals surface area contributed by atoms with E-state index in [9.17, 15) is 18.0 Å². The van der Waals surface area contributed by atoms with Crippen molar-refractivity contribution >= 4 is 27.5 Å². The average Bonchev–Trinajstić information content (AvgIpc) is 2.83. The van der Waals surface area contributed by atoms with Crippen molar-refractivity contribution in [2.45, 2.75) is 12.7 Å². The van der Waals surface area contributed by atoms with E-state index in [-0.39, 0.29) is 11.4 Å². The molecule has 0 spiro atoms. The van der Waals surface area contributed by atoms with Crippen LogP contribution in [-0.4, -0.2) is 31.6 Å². The Balaban J connectivity index is 2.07. The molecular weight excluding hydrogens is 343 g/mol. The number of alkyl halides is 3. The van der Waals surface area contributed by atoms with Crippen LogP contribution in [-0.2, 0) is 13.6 Å². The fourth-order valence-electron chi connectivity index (χ4n) is 1.50. The lowest BCUT2D eigenvalue weighted by Crippen LogP contribution is -2.18. The molecule has 0 unspecified atom stereocenters. The zero-order valence-corrected chi connectivity index (χ0v) is 11.7. The van der Waals surface area contributed by atoms with Crippen molar-refractivity contribution in [3.8, 4) is 0 Å². The number of nitrogens with one attached hydrogen (secondary N) is 1. The van der Waals surface area contributed by atoms with Gasteiger partial charge in [0.05, 0.1) is 16.4 Å². The lowest BCUT2D eigenvalue weighted by Gasteiger charge is -2.05. The second kappa shape index (κ2) is 5.27. The van der Waals surface area contributed by atoms with E-state index in [2.05, 4.69) is 31.4 Å². The highest BCUT2D eigenvalue weighted by molar-refractivity contribution is 9.10. The van der Waals surface area contributed by atoms with Crippen molar-refractivity contribution < 1.29 is 18.0 Å². The summed E-state index contributed by atoms with van der Waals surface area (Å²) in [6.07, 6.45) is -0.540. The first-order valence-electron chi connectivity index (χ1n) is 5.34. The summed E-state index contributed by atoms with van der Waals surface area (Å²) in [6.45, 7) is -1.21. The number of aryl methyl sites for hydroxylation is 1. The zero-order valence-electron chi connectivity index (χ0n) is 10.1. The molecule has 0 saturated heterocycles. The van der Waals surface area contributed by atoms with Crippen LogP contribution >= 0.6 is 15.9 Å². The van der Waals surface area contributed by atoms with E-state index in [1.165, 1.54) is 4.68 Å². The van der Waals surface area contributed by atoms with E-state index >= 15 is 0 Å². The van der Waals surface area contributed by atoms with Crippen LogP contribution in [0.3, 0.4) is 0 Å². The molecule has 10 heteroatoms. The third kappa shape index (κ3) is 3.59. The number of carbonyl (C=O) groups excluding carboxylic acids is 1. The number of hydrogen-bond acceptors (Lipinski definition) is 3. The Hall–Kier alpha value is -1.84. The van der Waals surface area contributed by atoms with Crippen LogP contribution in [0.4, 0.5) is 18.9 Å². The Labute approximate surface area is 119 Å². The molecular formula is C10H9BrF3N5O. The van der Waals surface area contributed by atoms with Crippen LogP contribution in [0.5, 0.6) is 0 Å². The summed E-state index contributed by atoms with van der Waals surface area (Å²) in [5.41, 5.74) is 0.299. The van der Waals surface area contributed by atoms with Gasteiger partial charge in [0.1, 0.15) is 6.54 Å². The molecule has 0 atom stereocenters. The van der Waals surface area contributed by atoms with Crippen LogP contribution < -0.4 is 5.32 Å². The molecule has 1 amide bonds. The Bertz CT molecular complexity index is 633. The Kier molecular flexibility index (Phi) is 3.84. The predicted molar refractivity (Wildman–Crippen MR) is 67.1 cm³/mol. The third-order valence-electron chi connectivity index (χ3n) is 2.23. The smallest absolute Gasteiger partial charge is 0.318 e. The molecule has 0 aromatic carbocycles. The van der Waals surface area contributed by atoms with E-state index in [0.29, 0.717) is 9.15 Å². The van der Waals surface area contributed by atoms with Crippen molar-refractivity contribution in [3.63, 3.8) is 0 Å². The molecule has 0 aliphatic carbocycles. The maximum Gasteiger partial charge on any atom is 0.408 e. The van der Waals surface area contributed by atoms with Gasteiger partial charge in [0, 0.05) is 19.4 Å². The number of rotatable bonds is 3. The normalized spacial score (nSPS) is 11.7. The summed E-state index contributed by atoms with van der Waals surface area (Å²) < 4.78 is 39.1. The van der Waals surface area contributed by atoms with Crippen molar-refractivity contribution in [3.05, 3.63) is 28.8 Å². The summed E-state index contributed by atoms with van der Waals surface area (Å²) in [7, 11) is 1.64. The first-order chi connectivity index (χ1) is 9.24. The van der Waals surface area contributed by atoms with Gasteiger partial charge in [-0.3, -0.25) is 14.2 Å². The maximum atomic E-state index is 12.2. The molecule has 0 bridgehead atoms. The minimum atomic E-state index is -4.36. The van der Waals surface area contributed by atoms with Crippen molar-refractivity contribution in [2.75, 3.05) is 5.32 Å². The number of anilines is 1. The number of amides is 1. The molecule has 0 fully saturated rings. The van der Waals surface area contributed by atoms with Crippen molar-refractivity contribution in [2.24, 2.45) is 7.05 Å². The van der Waals surface area contributed by atoms with Crippen LogP contribution in [0.25, 0.3) is 0 Å². The molecule has 6 nitrogen and oxygen atoms in total. The maximum absolute atomic E-state index is 12.2. The number of nitrogens with zero attached hydrogens (tertiary/aromatic N) is 4. The van der Waals surface area contributed by atoms with Gasteiger partial charge in [-0.05, 0) is 15.9 Å². The molecule has 0 radical (unpaired) electrons. The monoisotopic (exact) mass is 351 g/mol. The quantitative estimate of drug-likeness (QED) is 0.921. The van der Waals surface area contributed by atoms with E-state index in [4.69, 9.17) is 0 Å². The molecule has 2 heterocycles. The first kappa shape index (κ1) is 14.6. The van der Waals surface area contributed by atoms with Gasteiger partial charge in [0.25, 0.3) is 5.91 Å². The standard InChI is InChI=1S/C10H9BrF3N5O/c1-18-4-7(11)8(17-18)9(20)16-6-2-15-19(3-6)5-10(12,13)14/h2-4H,5H2,1H3,(H,16,20). The number of carbonyl (C=O) groups is 1. The van der Waals surface area contributed by atoms with E-state index in [1.807, 2.05) is 0 Å². The second-order valence-corrected chi connectivity index (χ2v) is 4.85. The van der Waals surface area contributed by atoms with Crippen LogP contribution in [0.1, 0.15) is 10.5 Å². The summed E-state index contributed by atoms with van der Waals surface area (Å²) >= 11 is 3.16. The van der Waals surface area contributed by atoms with Gasteiger partial charge in [-0.15, -0.1) is 0 Å². The fourth-order valence-corrected chi connectivity index (χ4v) is 2.06. The number of aromatic nitrogens is 4. The molecule has 2 rings (SSSR count). The molecule has 0 saturated carbocycles. The van der Waals surface area contributed by atoms with Crippen LogP contribution in [0.15, 0.2) is 23.1 Å². The molecule has 2 aromatic rings. The summed E-state index contributed by atoms with van der Waals surface area (Å²) in [4.78, 5) is 11.9. The summed E-state index contributed by atoms with van der Waals surface area (Å²) in [6, 6.07) is 0. The van der Waals surface area contributed by atoms with Gasteiger partial charge in [0.2, 0.25) is 0 Å². The summed E-state index contributed by atoms with van der Waals surface area (Å²) in [5, 5.41) is 9.87. The number of hydrogen-bond donors (Lipinski definition) is 1. The van der Waals surface area contributed by atoms with Gasteiger partial charge >= 0.3 is 6.18 Å². The molecule has 108 valence electrons. The fraction of sp³-hybridized carbons (Fsp3) is 0.300. The number of halogens is 4. The Morgan fingerprint density at radius 1 is 1.45 bits per heavy atom. The minimum Gasteiger partial charge on any atom is -0.318 e. The van der Waals surface area contributed by atoms with Crippen molar-refractivity contribution in [1.29, 1.82) is 0 Å². The largest absolute Gasteiger partial charge is 0.408 e. The van der Waals surface area contributed by atoms with Gasteiger partial charge in [-0.1, -0.05) is 0 Å². The molecule has 1 N–H and O–H groups in total. The van der Waals surface area contributed by atoms with Gasteiger partial charge in [-0.2, -0.15) is 23.4 Å². The molecule has 0 aliphatic rings. The lowest BCUT2D eigenvalue weighted by atomic mass is 10.4. The van der Waals surface area contributed by atoms with Crippen LogP contribution in [0, 0.1) is 0 Å². The Morgan fingerprint density at radius 3 is 2.70 bits per heavy atom. The first-order valence-corrected chi connectivity index (χ1v) is 6.13. The highest BCUT2D eigenvalue weighted by Gasteiger charge is 2.28. The van der Waals surface area contributed by atoms with Crippen LogP contribution in [0.2, 0.25) is 0 Å². The topological polar surface area (TPSA) is 64.7 Å². The summed E-state index contributed by atoms with van der Waals surface area (Å²) in [5.74, 6) is -0.538. The highest BCUT2D eigenvalue weighted by atomic mass is 79.9. The molecule has 20 heavy (non-hydrogen) atoms. The predicted octanol–water partition coefficient (Wildman–Crippen LogP) is 2.19.